The zero-order valence-corrected chi connectivity index (χ0v) is 15.9. The summed E-state index contributed by atoms with van der Waals surface area (Å²) in [5.41, 5.74) is 4.86. The number of nitrogens with zero attached hydrogens (tertiary/aromatic N) is 2. The van der Waals surface area contributed by atoms with E-state index in [2.05, 4.69) is 20.6 Å². The van der Waals surface area contributed by atoms with Gasteiger partial charge in [-0.05, 0) is 18.2 Å². The van der Waals surface area contributed by atoms with Gasteiger partial charge in [-0.1, -0.05) is 0 Å². The molecule has 5 N–H and O–H groups in total. The van der Waals surface area contributed by atoms with Crippen LogP contribution in [0, 0.1) is 0 Å². The summed E-state index contributed by atoms with van der Waals surface area (Å²) in [5, 5.41) is 4.34. The first-order chi connectivity index (χ1) is 13.7. The van der Waals surface area contributed by atoms with Crippen LogP contribution >= 0.6 is 0 Å². The van der Waals surface area contributed by atoms with E-state index in [0.29, 0.717) is 6.41 Å². The van der Waals surface area contributed by atoms with Crippen molar-refractivity contribution in [3.63, 3.8) is 0 Å². The minimum atomic E-state index is -4.56. The second kappa shape index (κ2) is 8.83. The van der Waals surface area contributed by atoms with Crippen LogP contribution in [-0.2, 0) is 14.8 Å². The topological polar surface area (TPSA) is 192 Å². The Hall–Kier alpha value is -3.94. The van der Waals surface area contributed by atoms with Crippen molar-refractivity contribution in [1.82, 2.24) is 14.7 Å². The van der Waals surface area contributed by atoms with E-state index in [4.69, 9.17) is 15.2 Å². The Morgan fingerprint density at radius 2 is 1.72 bits per heavy atom. The fraction of sp³-hybridized carbons (Fsp3) is 0.133. The van der Waals surface area contributed by atoms with E-state index in [0.717, 1.165) is 12.1 Å². The van der Waals surface area contributed by atoms with Crippen molar-refractivity contribution < 1.29 is 32.3 Å². The van der Waals surface area contributed by atoms with Crippen LogP contribution in [-0.4, -0.2) is 51.0 Å². The highest BCUT2D eigenvalue weighted by Gasteiger charge is 2.25. The number of primary amides is 1. The van der Waals surface area contributed by atoms with Gasteiger partial charge in [-0.2, -0.15) is 9.97 Å². The molecular formula is C15H16N6O7S. The minimum absolute atomic E-state index is 0.0543. The molecule has 0 unspecified atom stereocenters. The average Bonchev–Trinajstić information content (AvgIpc) is 2.67. The van der Waals surface area contributed by atoms with Crippen LogP contribution in [0.1, 0.15) is 10.4 Å². The number of urea groups is 1. The summed E-state index contributed by atoms with van der Waals surface area (Å²) in [6, 6.07) is 3.43. The van der Waals surface area contributed by atoms with E-state index in [1.54, 1.807) is 4.72 Å². The van der Waals surface area contributed by atoms with Crippen molar-refractivity contribution in [2.24, 2.45) is 5.73 Å². The van der Waals surface area contributed by atoms with E-state index in [-0.39, 0.29) is 29.0 Å². The Bertz CT molecular complexity index is 1030. The molecule has 1 aromatic carbocycles. The number of carbonyl (C=O) groups is 3. The second-order valence-corrected chi connectivity index (χ2v) is 6.82. The van der Waals surface area contributed by atoms with E-state index in [9.17, 15) is 22.8 Å². The van der Waals surface area contributed by atoms with E-state index in [1.807, 2.05) is 0 Å². The third-order valence-electron chi connectivity index (χ3n) is 3.31. The van der Waals surface area contributed by atoms with Crippen LogP contribution in [0.25, 0.3) is 0 Å². The standard InChI is InChI=1S/C15H16N6O7S/c1-27-11-6-12(28-2)19-14(18-11)20-15(24)21-29(25,26)10-5-8(17-7-22)3-4-9(10)13(16)23/h3-7H,1-2H3,(H2,16,23)(H,17,22)(H2,18,19,20,21,24). The highest BCUT2D eigenvalue weighted by molar-refractivity contribution is 7.90. The van der Waals surface area contributed by atoms with Gasteiger partial charge in [0.2, 0.25) is 30.0 Å². The summed E-state index contributed by atoms with van der Waals surface area (Å²) >= 11 is 0. The van der Waals surface area contributed by atoms with Gasteiger partial charge in [-0.15, -0.1) is 0 Å². The number of ether oxygens (including phenoxy) is 2. The summed E-state index contributed by atoms with van der Waals surface area (Å²) in [4.78, 5) is 41.3. The highest BCUT2D eigenvalue weighted by atomic mass is 32.2. The van der Waals surface area contributed by atoms with Crippen molar-refractivity contribution in [3.8, 4) is 11.8 Å². The van der Waals surface area contributed by atoms with Gasteiger partial charge in [0.15, 0.2) is 0 Å². The van der Waals surface area contributed by atoms with Crippen LogP contribution in [0.5, 0.6) is 11.8 Å². The first-order valence-corrected chi connectivity index (χ1v) is 9.13. The summed E-state index contributed by atoms with van der Waals surface area (Å²) in [5.74, 6) is -1.25. The molecule has 14 heteroatoms. The lowest BCUT2D eigenvalue weighted by molar-refractivity contribution is -0.105. The van der Waals surface area contributed by atoms with Crippen LogP contribution < -0.4 is 30.6 Å². The zero-order chi connectivity index (χ0) is 21.6. The molecule has 0 aliphatic rings. The Balaban J connectivity index is 2.31. The number of carbonyl (C=O) groups excluding carboxylic acids is 3. The molecule has 0 saturated heterocycles. The lowest BCUT2D eigenvalue weighted by Crippen LogP contribution is -2.36. The molecular weight excluding hydrogens is 408 g/mol. The molecule has 4 amide bonds. The Morgan fingerprint density at radius 3 is 2.24 bits per heavy atom. The van der Waals surface area contributed by atoms with Gasteiger partial charge in [0.05, 0.1) is 25.8 Å². The predicted octanol–water partition coefficient (Wildman–Crippen LogP) is -0.329. The van der Waals surface area contributed by atoms with Crippen molar-refractivity contribution in [1.29, 1.82) is 0 Å². The van der Waals surface area contributed by atoms with Gasteiger partial charge in [0.25, 0.3) is 10.0 Å². The number of hydrogen-bond donors (Lipinski definition) is 4. The van der Waals surface area contributed by atoms with Crippen LogP contribution in [0.3, 0.4) is 0 Å². The molecule has 0 aliphatic heterocycles. The van der Waals surface area contributed by atoms with Crippen molar-refractivity contribution >= 4 is 40.0 Å². The molecule has 0 radical (unpaired) electrons. The number of nitrogens with two attached hydrogens (primary N) is 1. The van der Waals surface area contributed by atoms with Crippen LogP contribution in [0.4, 0.5) is 16.4 Å². The summed E-state index contributed by atoms with van der Waals surface area (Å²) in [6.07, 6.45) is 0.309. The Labute approximate surface area is 164 Å². The number of hydrogen-bond acceptors (Lipinski definition) is 9. The molecule has 1 aromatic heterocycles. The summed E-state index contributed by atoms with van der Waals surface area (Å²) in [7, 11) is -1.92. The van der Waals surface area contributed by atoms with Crippen molar-refractivity contribution in [3.05, 3.63) is 29.8 Å². The van der Waals surface area contributed by atoms with Gasteiger partial charge in [0.1, 0.15) is 4.90 Å². The van der Waals surface area contributed by atoms with E-state index in [1.165, 1.54) is 26.4 Å². The fourth-order valence-corrected chi connectivity index (χ4v) is 3.22. The SMILES string of the molecule is COc1cc(OC)nc(NC(=O)NS(=O)(=O)c2cc(NC=O)ccc2C(N)=O)n1. The number of amides is 4. The highest BCUT2D eigenvalue weighted by Crippen LogP contribution is 2.21. The van der Waals surface area contributed by atoms with Crippen LogP contribution in [0.2, 0.25) is 0 Å². The lowest BCUT2D eigenvalue weighted by atomic mass is 10.2. The molecule has 0 bridgehead atoms. The maximum atomic E-state index is 12.6. The van der Waals surface area contributed by atoms with E-state index < -0.39 is 26.9 Å². The number of sulfonamides is 1. The maximum absolute atomic E-state index is 12.6. The van der Waals surface area contributed by atoms with Gasteiger partial charge in [-0.25, -0.2) is 17.9 Å². The maximum Gasteiger partial charge on any atom is 0.335 e. The second-order valence-electron chi connectivity index (χ2n) is 5.17. The predicted molar refractivity (Wildman–Crippen MR) is 99.1 cm³/mol. The molecule has 0 aliphatic carbocycles. The average molecular weight is 424 g/mol. The molecule has 2 rings (SSSR count). The minimum Gasteiger partial charge on any atom is -0.481 e. The number of anilines is 2. The number of benzene rings is 1. The molecule has 154 valence electrons. The first-order valence-electron chi connectivity index (χ1n) is 7.65. The molecule has 0 atom stereocenters. The fourth-order valence-electron chi connectivity index (χ4n) is 2.08. The lowest BCUT2D eigenvalue weighted by Gasteiger charge is -2.12. The third-order valence-corrected chi connectivity index (χ3v) is 4.68. The Kier molecular flexibility index (Phi) is 6.51. The zero-order valence-electron chi connectivity index (χ0n) is 15.1. The quantitative estimate of drug-likeness (QED) is 0.411. The van der Waals surface area contributed by atoms with Crippen LogP contribution in [0.15, 0.2) is 29.2 Å². The van der Waals surface area contributed by atoms with Gasteiger partial charge in [-0.3, -0.25) is 14.9 Å². The largest absolute Gasteiger partial charge is 0.481 e. The molecule has 0 saturated carbocycles. The first kappa shape index (κ1) is 21.4. The number of aromatic nitrogens is 2. The van der Waals surface area contributed by atoms with Gasteiger partial charge < -0.3 is 20.5 Å². The number of methoxy groups -OCH3 is 2. The molecule has 0 fully saturated rings. The number of nitrogens with one attached hydrogen (secondary N) is 3. The van der Waals surface area contributed by atoms with E-state index >= 15 is 0 Å². The molecule has 29 heavy (non-hydrogen) atoms. The smallest absolute Gasteiger partial charge is 0.335 e. The van der Waals surface area contributed by atoms with Crippen molar-refractivity contribution in [2.45, 2.75) is 4.90 Å². The summed E-state index contributed by atoms with van der Waals surface area (Å²) in [6.45, 7) is 0. The normalized spacial score (nSPS) is 10.6. The monoisotopic (exact) mass is 424 g/mol. The molecule has 2 aromatic rings. The van der Waals surface area contributed by atoms with Gasteiger partial charge >= 0.3 is 6.03 Å². The molecule has 0 spiro atoms. The third kappa shape index (κ3) is 5.29. The summed E-state index contributed by atoms with van der Waals surface area (Å²) < 4.78 is 36.7. The Morgan fingerprint density at radius 1 is 1.10 bits per heavy atom. The van der Waals surface area contributed by atoms with Gasteiger partial charge in [0, 0.05) is 5.69 Å². The van der Waals surface area contributed by atoms with Crippen molar-refractivity contribution in [2.75, 3.05) is 24.9 Å². The molecule has 13 nitrogen and oxygen atoms in total. The molecule has 1 heterocycles. The number of rotatable bonds is 8.